The summed E-state index contributed by atoms with van der Waals surface area (Å²) in [7, 11) is 1.67. The van der Waals surface area contributed by atoms with Gasteiger partial charge in [0.15, 0.2) is 5.11 Å². The van der Waals surface area contributed by atoms with Crippen LogP contribution >= 0.6 is 12.2 Å². The van der Waals surface area contributed by atoms with Gasteiger partial charge in [0.05, 0.1) is 24.9 Å². The first-order valence-corrected chi connectivity index (χ1v) is 10.5. The van der Waals surface area contributed by atoms with Crippen molar-refractivity contribution in [1.82, 2.24) is 19.8 Å². The number of aryl methyl sites for hydroxylation is 1. The Morgan fingerprint density at radius 1 is 1.13 bits per heavy atom. The van der Waals surface area contributed by atoms with Crippen LogP contribution in [0.4, 0.5) is 0 Å². The Balaban J connectivity index is 1.81. The molecule has 156 valence electrons. The number of methoxy groups -OCH3 is 1. The van der Waals surface area contributed by atoms with Crippen molar-refractivity contribution < 1.29 is 9.84 Å². The SMILES string of the molecule is COc1ccc(-n2c(C)ccc2[C@H]2[C@@H](c3ccccn3)NC(=S)N2CCCO)cc1. The van der Waals surface area contributed by atoms with Gasteiger partial charge in [0.25, 0.3) is 0 Å². The van der Waals surface area contributed by atoms with Gasteiger partial charge < -0.3 is 24.6 Å². The Morgan fingerprint density at radius 3 is 2.60 bits per heavy atom. The molecule has 1 aliphatic heterocycles. The van der Waals surface area contributed by atoms with E-state index in [2.05, 4.69) is 51.0 Å². The third-order valence-electron chi connectivity index (χ3n) is 5.49. The smallest absolute Gasteiger partial charge is 0.170 e. The number of nitrogens with one attached hydrogen (secondary N) is 1. The molecule has 1 aromatic carbocycles. The number of benzene rings is 1. The minimum atomic E-state index is -0.0799. The van der Waals surface area contributed by atoms with Gasteiger partial charge in [-0.2, -0.15) is 0 Å². The van der Waals surface area contributed by atoms with Crippen molar-refractivity contribution in [3.8, 4) is 11.4 Å². The predicted octanol–water partition coefficient (Wildman–Crippen LogP) is 3.54. The number of aromatic nitrogens is 2. The molecule has 6 nitrogen and oxygen atoms in total. The average molecular weight is 423 g/mol. The standard InChI is InChI=1S/C23H26N4O2S/c1-16-7-12-20(27(16)17-8-10-18(29-2)11-9-17)22-21(19-6-3-4-13-24-19)25-23(30)26(22)14-5-15-28/h3-4,6-13,21-22,28H,5,14-15H2,1-2H3,(H,25,30)/t21-,22+/m1/s1. The second kappa shape index (κ2) is 8.85. The van der Waals surface area contributed by atoms with Crippen LogP contribution in [0.25, 0.3) is 5.69 Å². The van der Waals surface area contributed by atoms with Crippen LogP contribution in [0.5, 0.6) is 5.75 Å². The Kier molecular flexibility index (Phi) is 6.01. The Bertz CT molecular complexity index is 1000. The quantitative estimate of drug-likeness (QED) is 0.568. The van der Waals surface area contributed by atoms with Crippen molar-refractivity contribution in [2.24, 2.45) is 0 Å². The van der Waals surface area contributed by atoms with Gasteiger partial charge in [0, 0.05) is 36.4 Å². The summed E-state index contributed by atoms with van der Waals surface area (Å²) < 4.78 is 7.57. The second-order valence-electron chi connectivity index (χ2n) is 7.33. The molecule has 0 aliphatic carbocycles. The molecule has 0 unspecified atom stereocenters. The van der Waals surface area contributed by atoms with E-state index in [1.807, 2.05) is 30.3 Å². The van der Waals surface area contributed by atoms with E-state index in [0.29, 0.717) is 18.1 Å². The Labute approximate surface area is 182 Å². The van der Waals surface area contributed by atoms with Crippen LogP contribution in [0.3, 0.4) is 0 Å². The molecule has 0 saturated carbocycles. The van der Waals surface area contributed by atoms with E-state index < -0.39 is 0 Å². The lowest BCUT2D eigenvalue weighted by molar-refractivity contribution is 0.244. The van der Waals surface area contributed by atoms with Crippen LogP contribution in [0.2, 0.25) is 0 Å². The first kappa shape index (κ1) is 20.4. The lowest BCUT2D eigenvalue weighted by Crippen LogP contribution is -2.32. The van der Waals surface area contributed by atoms with Gasteiger partial charge in [-0.25, -0.2) is 0 Å². The molecule has 3 aromatic rings. The summed E-state index contributed by atoms with van der Waals surface area (Å²) in [6.07, 6.45) is 2.46. The van der Waals surface area contributed by atoms with Crippen LogP contribution in [0, 0.1) is 6.92 Å². The van der Waals surface area contributed by atoms with Gasteiger partial charge in [-0.05, 0) is 74.1 Å². The zero-order valence-electron chi connectivity index (χ0n) is 17.2. The van der Waals surface area contributed by atoms with Crippen molar-refractivity contribution in [1.29, 1.82) is 0 Å². The van der Waals surface area contributed by atoms with Crippen molar-refractivity contribution in [3.05, 3.63) is 77.9 Å². The zero-order valence-corrected chi connectivity index (χ0v) is 18.0. The zero-order chi connectivity index (χ0) is 21.1. The van der Waals surface area contributed by atoms with Gasteiger partial charge in [-0.1, -0.05) is 6.07 Å². The summed E-state index contributed by atoms with van der Waals surface area (Å²) in [4.78, 5) is 6.76. The van der Waals surface area contributed by atoms with Crippen molar-refractivity contribution in [2.75, 3.05) is 20.3 Å². The highest BCUT2D eigenvalue weighted by atomic mass is 32.1. The molecule has 0 amide bonds. The van der Waals surface area contributed by atoms with Crippen LogP contribution in [0.1, 0.15) is 35.6 Å². The number of hydrogen-bond acceptors (Lipinski definition) is 4. The molecule has 0 spiro atoms. The summed E-state index contributed by atoms with van der Waals surface area (Å²) in [6, 6.07) is 18.1. The van der Waals surface area contributed by atoms with E-state index in [9.17, 15) is 5.11 Å². The van der Waals surface area contributed by atoms with Crippen LogP contribution in [0.15, 0.2) is 60.8 Å². The monoisotopic (exact) mass is 422 g/mol. The number of thiocarbonyl (C=S) groups is 1. The van der Waals surface area contributed by atoms with Crippen molar-refractivity contribution in [3.63, 3.8) is 0 Å². The largest absolute Gasteiger partial charge is 0.497 e. The van der Waals surface area contributed by atoms with Crippen LogP contribution < -0.4 is 10.1 Å². The predicted molar refractivity (Wildman–Crippen MR) is 121 cm³/mol. The fourth-order valence-electron chi connectivity index (χ4n) is 4.08. The maximum atomic E-state index is 9.42. The van der Waals surface area contributed by atoms with E-state index in [4.69, 9.17) is 17.0 Å². The molecule has 0 bridgehead atoms. The number of rotatable bonds is 7. The van der Waals surface area contributed by atoms with Gasteiger partial charge in [-0.3, -0.25) is 4.98 Å². The maximum Gasteiger partial charge on any atom is 0.170 e. The number of nitrogens with zero attached hydrogens (tertiary/aromatic N) is 3. The summed E-state index contributed by atoms with van der Waals surface area (Å²) in [5, 5.41) is 13.6. The molecule has 3 heterocycles. The van der Waals surface area contributed by atoms with E-state index in [1.165, 1.54) is 0 Å². The second-order valence-corrected chi connectivity index (χ2v) is 7.72. The average Bonchev–Trinajstić information content (AvgIpc) is 3.32. The molecule has 2 aromatic heterocycles. The molecule has 7 heteroatoms. The van der Waals surface area contributed by atoms with Crippen molar-refractivity contribution >= 4 is 17.3 Å². The van der Waals surface area contributed by atoms with E-state index >= 15 is 0 Å². The highest BCUT2D eigenvalue weighted by molar-refractivity contribution is 7.80. The lowest BCUT2D eigenvalue weighted by atomic mass is 10.0. The fraction of sp³-hybridized carbons (Fsp3) is 0.304. The van der Waals surface area contributed by atoms with Crippen LogP contribution in [-0.2, 0) is 0 Å². The number of ether oxygens (including phenoxy) is 1. The third-order valence-corrected chi connectivity index (χ3v) is 5.85. The number of hydrogen-bond donors (Lipinski definition) is 2. The van der Waals surface area contributed by atoms with E-state index in [-0.39, 0.29) is 18.7 Å². The number of aliphatic hydroxyl groups is 1. The summed E-state index contributed by atoms with van der Waals surface area (Å²) >= 11 is 5.69. The maximum absolute atomic E-state index is 9.42. The highest BCUT2D eigenvalue weighted by Gasteiger charge is 2.41. The minimum Gasteiger partial charge on any atom is -0.497 e. The van der Waals surface area contributed by atoms with Gasteiger partial charge in [-0.15, -0.1) is 0 Å². The Hall–Kier alpha value is -2.90. The van der Waals surface area contributed by atoms with Gasteiger partial charge in [0.2, 0.25) is 0 Å². The minimum absolute atomic E-state index is 0.0465. The topological polar surface area (TPSA) is 62.5 Å². The first-order chi connectivity index (χ1) is 14.6. The van der Waals surface area contributed by atoms with Gasteiger partial charge in [0.1, 0.15) is 5.75 Å². The van der Waals surface area contributed by atoms with E-state index in [0.717, 1.165) is 28.5 Å². The molecule has 2 N–H and O–H groups in total. The molecule has 1 aliphatic rings. The van der Waals surface area contributed by atoms with E-state index in [1.54, 1.807) is 13.3 Å². The molecule has 0 radical (unpaired) electrons. The number of pyridine rings is 1. The molecule has 4 rings (SSSR count). The number of aliphatic hydroxyl groups excluding tert-OH is 1. The highest BCUT2D eigenvalue weighted by Crippen LogP contribution is 2.40. The van der Waals surface area contributed by atoms with Crippen molar-refractivity contribution in [2.45, 2.75) is 25.4 Å². The molecule has 2 atom stereocenters. The third kappa shape index (κ3) is 3.78. The Morgan fingerprint density at radius 2 is 1.93 bits per heavy atom. The van der Waals surface area contributed by atoms with Gasteiger partial charge >= 0.3 is 0 Å². The summed E-state index contributed by atoms with van der Waals surface area (Å²) in [6.45, 7) is 2.89. The summed E-state index contributed by atoms with van der Waals surface area (Å²) in [5.74, 6) is 0.824. The van der Waals surface area contributed by atoms with Crippen LogP contribution in [-0.4, -0.2) is 44.9 Å². The normalized spacial score (nSPS) is 18.5. The lowest BCUT2D eigenvalue weighted by Gasteiger charge is -2.29. The molecule has 1 saturated heterocycles. The summed E-state index contributed by atoms with van der Waals surface area (Å²) in [5.41, 5.74) is 4.26. The first-order valence-electron chi connectivity index (χ1n) is 10.1. The molecule has 30 heavy (non-hydrogen) atoms. The fourth-order valence-corrected chi connectivity index (χ4v) is 4.41. The molecular weight excluding hydrogens is 396 g/mol. The molecular formula is C23H26N4O2S. The molecule has 1 fully saturated rings.